The number of allylic oxidation sites excluding steroid dienone is 2. The van der Waals surface area contributed by atoms with Crippen LogP contribution < -0.4 is 0 Å². The Morgan fingerprint density at radius 3 is 2.77 bits per heavy atom. The maximum Gasteiger partial charge on any atom is 0.320 e. The number of piperidine rings is 1. The molecule has 1 saturated heterocycles. The number of nitrogens with zero attached hydrogens (tertiary/aromatic N) is 5. The lowest BCUT2D eigenvalue weighted by molar-refractivity contribution is -0.113. The van der Waals surface area contributed by atoms with E-state index in [1.54, 1.807) is 6.20 Å². The van der Waals surface area contributed by atoms with Gasteiger partial charge in [-0.2, -0.15) is 0 Å². The number of hydrogen-bond acceptors (Lipinski definition) is 3. The first-order valence-electron chi connectivity index (χ1n) is 13.2. The Labute approximate surface area is 222 Å². The van der Waals surface area contributed by atoms with Crippen LogP contribution in [0.5, 0.6) is 0 Å². The average Bonchev–Trinajstić information content (AvgIpc) is 3.56. The van der Waals surface area contributed by atoms with Crippen LogP contribution in [0.4, 0.5) is 18.0 Å². The van der Waals surface area contributed by atoms with Crippen molar-refractivity contribution in [3.63, 3.8) is 0 Å². The molecule has 3 aliphatic rings. The van der Waals surface area contributed by atoms with E-state index in [2.05, 4.69) is 4.98 Å². The first-order valence-corrected chi connectivity index (χ1v) is 13.2. The van der Waals surface area contributed by atoms with E-state index in [9.17, 15) is 18.4 Å². The zero-order valence-corrected chi connectivity index (χ0v) is 21.2. The van der Waals surface area contributed by atoms with Crippen LogP contribution in [-0.4, -0.2) is 61.1 Å². The molecule has 0 unspecified atom stereocenters. The minimum absolute atomic E-state index is 0.0235. The van der Waals surface area contributed by atoms with Gasteiger partial charge in [0.05, 0.1) is 24.0 Å². The first-order chi connectivity index (χ1) is 18.8. The molecule has 1 aromatic carbocycles. The number of pyridine rings is 1. The topological polar surface area (TPSA) is 62.9 Å². The monoisotopic (exact) mass is 533 g/mol. The number of halogens is 3. The van der Waals surface area contributed by atoms with Crippen LogP contribution in [0.1, 0.15) is 42.5 Å². The van der Waals surface area contributed by atoms with Gasteiger partial charge in [-0.25, -0.2) is 22.9 Å². The zero-order valence-electron chi connectivity index (χ0n) is 21.2. The van der Waals surface area contributed by atoms with Gasteiger partial charge in [0, 0.05) is 67.9 Å². The van der Waals surface area contributed by atoms with Crippen LogP contribution in [0.3, 0.4) is 0 Å². The summed E-state index contributed by atoms with van der Waals surface area (Å²) in [7, 11) is 0. The normalized spacial score (nSPS) is 19.4. The van der Waals surface area contributed by atoms with Gasteiger partial charge in [-0.05, 0) is 48.2 Å². The predicted octanol–water partition coefficient (Wildman–Crippen LogP) is 5.37. The summed E-state index contributed by atoms with van der Waals surface area (Å²) in [6.07, 6.45) is 6.45. The Morgan fingerprint density at radius 1 is 1.05 bits per heavy atom. The van der Waals surface area contributed by atoms with Crippen molar-refractivity contribution in [2.45, 2.75) is 44.7 Å². The van der Waals surface area contributed by atoms with Gasteiger partial charge in [-0.1, -0.05) is 6.07 Å². The van der Waals surface area contributed by atoms with Crippen LogP contribution in [0, 0.1) is 5.82 Å². The van der Waals surface area contributed by atoms with E-state index in [0.717, 1.165) is 22.3 Å². The predicted molar refractivity (Wildman–Crippen MR) is 140 cm³/mol. The average molecular weight is 534 g/mol. The Kier molecular flexibility index (Phi) is 5.37. The molecule has 0 bridgehead atoms. The molecule has 0 radical (unpaired) electrons. The number of alkyl halides is 2. The van der Waals surface area contributed by atoms with Gasteiger partial charge < -0.3 is 14.4 Å². The molecule has 4 aromatic rings. The minimum Gasteiger partial charge on any atom is -0.345 e. The van der Waals surface area contributed by atoms with E-state index in [-0.39, 0.29) is 31.7 Å². The van der Waals surface area contributed by atoms with E-state index in [1.807, 2.05) is 39.6 Å². The van der Waals surface area contributed by atoms with Crippen LogP contribution in [0.2, 0.25) is 0 Å². The number of urea groups is 1. The third-order valence-electron chi connectivity index (χ3n) is 8.10. The number of amides is 2. The maximum atomic E-state index is 15.0. The number of rotatable bonds is 2. The minimum atomic E-state index is -2.89. The molecule has 0 saturated carbocycles. The molecule has 1 aliphatic carbocycles. The number of fused-ring (bicyclic) bond motifs is 1. The fraction of sp³-hybridized carbons (Fsp3) is 0.345. The molecular weight excluding hydrogens is 507 g/mol. The molecule has 39 heavy (non-hydrogen) atoms. The van der Waals surface area contributed by atoms with Crippen LogP contribution >= 0.6 is 0 Å². The van der Waals surface area contributed by atoms with Crippen LogP contribution in [0.15, 0.2) is 48.9 Å². The highest BCUT2D eigenvalue weighted by Crippen LogP contribution is 2.42. The van der Waals surface area contributed by atoms with Crippen molar-refractivity contribution in [1.29, 1.82) is 0 Å². The van der Waals surface area contributed by atoms with Crippen LogP contribution in [0.25, 0.3) is 27.7 Å². The second-order valence-corrected chi connectivity index (χ2v) is 10.6. The SMILES string of the molecule is O=C1CCC(c2cn3c4c(cc(F)cc24)CN(C(=O)N2CCCC(F)(F)C2)CC3)=C1c1cnc2ccccn12. The van der Waals surface area contributed by atoms with Crippen molar-refractivity contribution >= 4 is 39.5 Å². The Bertz CT molecular complexity index is 1700. The van der Waals surface area contributed by atoms with Gasteiger partial charge >= 0.3 is 6.03 Å². The Hall–Kier alpha value is -4.08. The summed E-state index contributed by atoms with van der Waals surface area (Å²) in [4.78, 5) is 33.6. The molecular formula is C29H26F3N5O2. The molecule has 7 rings (SSSR count). The van der Waals surface area contributed by atoms with Gasteiger partial charge in [-0.3, -0.25) is 9.20 Å². The van der Waals surface area contributed by atoms with Gasteiger partial charge in [0.1, 0.15) is 11.5 Å². The highest BCUT2D eigenvalue weighted by atomic mass is 19.3. The van der Waals surface area contributed by atoms with E-state index in [1.165, 1.54) is 21.9 Å². The van der Waals surface area contributed by atoms with Gasteiger partial charge in [0.2, 0.25) is 0 Å². The number of imidazole rings is 1. The second-order valence-electron chi connectivity index (χ2n) is 10.6. The fourth-order valence-corrected chi connectivity index (χ4v) is 6.37. The quantitative estimate of drug-likeness (QED) is 0.348. The van der Waals surface area contributed by atoms with Gasteiger partial charge in [0.15, 0.2) is 5.78 Å². The third kappa shape index (κ3) is 3.92. The summed E-state index contributed by atoms with van der Waals surface area (Å²) in [5.41, 5.74) is 5.12. The lowest BCUT2D eigenvalue weighted by atomic mass is 9.98. The largest absolute Gasteiger partial charge is 0.345 e. The van der Waals surface area contributed by atoms with Crippen molar-refractivity contribution < 1.29 is 22.8 Å². The van der Waals surface area contributed by atoms with Crippen LogP contribution in [-0.2, 0) is 17.9 Å². The molecule has 2 amide bonds. The number of Topliss-reactive ketones (excluding diaryl/α,β-unsaturated/α-hetero) is 1. The number of ketones is 1. The number of aromatic nitrogens is 3. The maximum absolute atomic E-state index is 15.0. The molecule has 0 spiro atoms. The summed E-state index contributed by atoms with van der Waals surface area (Å²) in [6.45, 7) is 0.548. The first kappa shape index (κ1) is 24.0. The lowest BCUT2D eigenvalue weighted by Gasteiger charge is -2.36. The third-order valence-corrected chi connectivity index (χ3v) is 8.10. The van der Waals surface area contributed by atoms with Crippen molar-refractivity contribution in [1.82, 2.24) is 23.8 Å². The standard InChI is InChI=1S/C29H26F3N5O2/c30-19-12-18-15-35(28(39)36-8-3-7-29(31,32)17-36)11-10-34-16-22(21(13-19)27(18)34)20-5-6-24(38)26(20)23-14-33-25-4-1-2-9-37(23)25/h1-2,4,9,12-14,16H,3,5-8,10-11,15,17H2. The summed E-state index contributed by atoms with van der Waals surface area (Å²) in [6, 6.07) is 8.10. The molecule has 0 atom stereocenters. The molecule has 2 aliphatic heterocycles. The van der Waals surface area contributed by atoms with E-state index in [0.29, 0.717) is 48.1 Å². The van der Waals surface area contributed by atoms with Crippen molar-refractivity contribution in [2.24, 2.45) is 0 Å². The molecule has 200 valence electrons. The van der Waals surface area contributed by atoms with Crippen molar-refractivity contribution in [3.05, 3.63) is 71.6 Å². The van der Waals surface area contributed by atoms with E-state index in [4.69, 9.17) is 0 Å². The zero-order chi connectivity index (χ0) is 26.9. The molecule has 0 N–H and O–H groups in total. The van der Waals surface area contributed by atoms with Gasteiger partial charge in [0.25, 0.3) is 5.92 Å². The number of carbonyl (C=O) groups is 2. The summed E-state index contributed by atoms with van der Waals surface area (Å²) >= 11 is 0. The Balaban J connectivity index is 1.31. The Morgan fingerprint density at radius 2 is 1.92 bits per heavy atom. The molecule has 10 heteroatoms. The molecule has 5 heterocycles. The summed E-state index contributed by atoms with van der Waals surface area (Å²) in [5, 5.41) is 0.680. The number of carbonyl (C=O) groups excluding carboxylic acids is 2. The molecule has 7 nitrogen and oxygen atoms in total. The van der Waals surface area contributed by atoms with Crippen molar-refractivity contribution in [2.75, 3.05) is 19.6 Å². The van der Waals surface area contributed by atoms with Crippen molar-refractivity contribution in [3.8, 4) is 0 Å². The lowest BCUT2D eigenvalue weighted by Crippen LogP contribution is -2.51. The highest BCUT2D eigenvalue weighted by molar-refractivity contribution is 6.31. The number of hydrogen-bond donors (Lipinski definition) is 0. The summed E-state index contributed by atoms with van der Waals surface area (Å²) < 4.78 is 46.9. The number of likely N-dealkylation sites (tertiary alicyclic amines) is 1. The van der Waals surface area contributed by atoms with Gasteiger partial charge in [-0.15, -0.1) is 0 Å². The highest BCUT2D eigenvalue weighted by Gasteiger charge is 2.39. The number of benzene rings is 1. The molecule has 3 aromatic heterocycles. The molecule has 1 fully saturated rings. The van der Waals surface area contributed by atoms with E-state index >= 15 is 4.39 Å². The fourth-order valence-electron chi connectivity index (χ4n) is 6.37. The second kappa shape index (κ2) is 8.72. The van der Waals surface area contributed by atoms with E-state index < -0.39 is 24.3 Å². The smallest absolute Gasteiger partial charge is 0.320 e. The summed E-state index contributed by atoms with van der Waals surface area (Å²) in [5.74, 6) is -3.32.